The van der Waals surface area contributed by atoms with Crippen LogP contribution in [0.5, 0.6) is 0 Å². The summed E-state index contributed by atoms with van der Waals surface area (Å²) < 4.78 is 0. The highest BCUT2D eigenvalue weighted by Gasteiger charge is 2.13. The van der Waals surface area contributed by atoms with Gasteiger partial charge in [0.15, 0.2) is 0 Å². The normalized spacial score (nSPS) is 15.5. The molecule has 3 nitrogen and oxygen atoms in total. The van der Waals surface area contributed by atoms with Crippen molar-refractivity contribution in [3.8, 4) is 0 Å². The number of anilines is 1. The zero-order valence-corrected chi connectivity index (χ0v) is 14.9. The monoisotopic (exact) mass is 360 g/mol. The SMILES string of the molecule is O=C(NCCCSC1CCCCC1)Nc1ccc(Cl)c(Cl)c1. The molecule has 0 spiro atoms. The van der Waals surface area contributed by atoms with Crippen LogP contribution in [-0.2, 0) is 0 Å². The van der Waals surface area contributed by atoms with Crippen LogP contribution in [0.4, 0.5) is 10.5 Å². The Morgan fingerprint density at radius 3 is 2.68 bits per heavy atom. The molecular weight excluding hydrogens is 339 g/mol. The minimum Gasteiger partial charge on any atom is -0.338 e. The molecule has 1 saturated carbocycles. The van der Waals surface area contributed by atoms with Crippen molar-refractivity contribution in [2.45, 2.75) is 43.8 Å². The van der Waals surface area contributed by atoms with Gasteiger partial charge < -0.3 is 10.6 Å². The maximum absolute atomic E-state index is 11.8. The Kier molecular flexibility index (Phi) is 7.70. The van der Waals surface area contributed by atoms with Gasteiger partial charge in [-0.05, 0) is 43.2 Å². The summed E-state index contributed by atoms with van der Waals surface area (Å²) in [5, 5.41) is 7.36. The van der Waals surface area contributed by atoms with E-state index in [0.29, 0.717) is 22.3 Å². The van der Waals surface area contributed by atoms with E-state index in [1.807, 2.05) is 0 Å². The molecule has 0 atom stereocenters. The molecule has 2 rings (SSSR count). The predicted octanol–water partition coefficient (Wildman–Crippen LogP) is 5.57. The van der Waals surface area contributed by atoms with E-state index in [-0.39, 0.29) is 6.03 Å². The van der Waals surface area contributed by atoms with Gasteiger partial charge in [0.25, 0.3) is 0 Å². The molecule has 122 valence electrons. The zero-order valence-electron chi connectivity index (χ0n) is 12.5. The summed E-state index contributed by atoms with van der Waals surface area (Å²) in [5.41, 5.74) is 0.642. The molecule has 6 heteroatoms. The van der Waals surface area contributed by atoms with Gasteiger partial charge in [-0.1, -0.05) is 42.5 Å². The van der Waals surface area contributed by atoms with E-state index >= 15 is 0 Å². The topological polar surface area (TPSA) is 41.1 Å². The molecule has 0 unspecified atom stereocenters. The molecule has 0 saturated heterocycles. The number of carbonyl (C=O) groups is 1. The molecule has 1 aliphatic carbocycles. The lowest BCUT2D eigenvalue weighted by Crippen LogP contribution is -2.29. The van der Waals surface area contributed by atoms with Crippen molar-refractivity contribution in [1.82, 2.24) is 5.32 Å². The van der Waals surface area contributed by atoms with Crippen LogP contribution >= 0.6 is 35.0 Å². The number of hydrogen-bond donors (Lipinski definition) is 2. The van der Waals surface area contributed by atoms with Crippen LogP contribution in [0, 0.1) is 0 Å². The molecule has 1 fully saturated rings. The molecule has 0 aliphatic heterocycles. The first kappa shape index (κ1) is 17.8. The Bertz CT molecular complexity index is 493. The average Bonchev–Trinajstić information content (AvgIpc) is 2.52. The number of benzene rings is 1. The summed E-state index contributed by atoms with van der Waals surface area (Å²) in [6.45, 7) is 0.687. The van der Waals surface area contributed by atoms with Gasteiger partial charge in [0, 0.05) is 17.5 Å². The van der Waals surface area contributed by atoms with Crippen molar-refractivity contribution in [3.63, 3.8) is 0 Å². The molecule has 2 amide bonds. The Balaban J connectivity index is 1.58. The van der Waals surface area contributed by atoms with E-state index in [4.69, 9.17) is 23.2 Å². The first-order chi connectivity index (χ1) is 10.6. The van der Waals surface area contributed by atoms with Gasteiger partial charge in [-0.15, -0.1) is 0 Å². The van der Waals surface area contributed by atoms with E-state index in [0.717, 1.165) is 17.4 Å². The third-order valence-corrected chi connectivity index (χ3v) is 5.90. The maximum Gasteiger partial charge on any atom is 0.319 e. The van der Waals surface area contributed by atoms with Crippen LogP contribution in [-0.4, -0.2) is 23.6 Å². The van der Waals surface area contributed by atoms with Crippen molar-refractivity contribution >= 4 is 46.7 Å². The fourth-order valence-corrected chi connectivity index (χ4v) is 4.11. The molecule has 0 radical (unpaired) electrons. The fourth-order valence-electron chi connectivity index (χ4n) is 2.51. The van der Waals surface area contributed by atoms with Crippen LogP contribution in [0.1, 0.15) is 38.5 Å². The second-order valence-corrected chi connectivity index (χ2v) is 7.72. The van der Waals surface area contributed by atoms with Crippen LogP contribution in [0.25, 0.3) is 0 Å². The van der Waals surface area contributed by atoms with E-state index in [1.54, 1.807) is 18.2 Å². The lowest BCUT2D eigenvalue weighted by Gasteiger charge is -2.20. The lowest BCUT2D eigenvalue weighted by atomic mass is 10.0. The molecule has 22 heavy (non-hydrogen) atoms. The number of halogens is 2. The minimum atomic E-state index is -0.207. The Labute approximate surface area is 146 Å². The zero-order chi connectivity index (χ0) is 15.8. The summed E-state index contributed by atoms with van der Waals surface area (Å²) >= 11 is 13.8. The van der Waals surface area contributed by atoms with Crippen LogP contribution in [0.3, 0.4) is 0 Å². The maximum atomic E-state index is 11.8. The van der Waals surface area contributed by atoms with Crippen molar-refractivity contribution in [2.75, 3.05) is 17.6 Å². The average molecular weight is 361 g/mol. The third-order valence-electron chi connectivity index (χ3n) is 3.69. The number of thioether (sulfide) groups is 1. The number of nitrogens with one attached hydrogen (secondary N) is 2. The number of amides is 2. The summed E-state index contributed by atoms with van der Waals surface area (Å²) in [4.78, 5) is 11.8. The standard InChI is InChI=1S/C16H22Cl2N2OS/c17-14-8-7-12(11-15(14)18)20-16(21)19-9-4-10-22-13-5-2-1-3-6-13/h7-8,11,13H,1-6,9-10H2,(H2,19,20,21). The summed E-state index contributed by atoms with van der Waals surface area (Å²) in [7, 11) is 0. The summed E-state index contributed by atoms with van der Waals surface area (Å²) in [6.07, 6.45) is 7.86. The Hall–Kier alpha value is -0.580. The van der Waals surface area contributed by atoms with Crippen molar-refractivity contribution in [3.05, 3.63) is 28.2 Å². The smallest absolute Gasteiger partial charge is 0.319 e. The van der Waals surface area contributed by atoms with Crippen LogP contribution < -0.4 is 10.6 Å². The van der Waals surface area contributed by atoms with Crippen LogP contribution in [0.2, 0.25) is 10.0 Å². The van der Waals surface area contributed by atoms with Crippen molar-refractivity contribution in [2.24, 2.45) is 0 Å². The van der Waals surface area contributed by atoms with E-state index in [1.165, 1.54) is 32.1 Å². The number of rotatable bonds is 6. The minimum absolute atomic E-state index is 0.207. The van der Waals surface area contributed by atoms with E-state index < -0.39 is 0 Å². The van der Waals surface area contributed by atoms with Gasteiger partial charge in [0.05, 0.1) is 10.0 Å². The van der Waals surface area contributed by atoms with Gasteiger partial charge in [0.1, 0.15) is 0 Å². The molecule has 0 bridgehead atoms. The highest BCUT2D eigenvalue weighted by molar-refractivity contribution is 7.99. The molecule has 1 aromatic rings. The van der Waals surface area contributed by atoms with E-state index in [2.05, 4.69) is 22.4 Å². The van der Waals surface area contributed by atoms with Gasteiger partial charge in [-0.3, -0.25) is 0 Å². The molecule has 0 aromatic heterocycles. The van der Waals surface area contributed by atoms with Gasteiger partial charge in [-0.25, -0.2) is 4.79 Å². The second-order valence-electron chi connectivity index (χ2n) is 5.49. The third kappa shape index (κ3) is 6.27. The molecule has 2 N–H and O–H groups in total. The highest BCUT2D eigenvalue weighted by atomic mass is 35.5. The van der Waals surface area contributed by atoms with Gasteiger partial charge in [-0.2, -0.15) is 11.8 Å². The summed E-state index contributed by atoms with van der Waals surface area (Å²) in [5.74, 6) is 1.11. The number of carbonyl (C=O) groups excluding carboxylic acids is 1. The first-order valence-corrected chi connectivity index (χ1v) is 9.57. The predicted molar refractivity (Wildman–Crippen MR) is 97.4 cm³/mol. The molecule has 0 heterocycles. The number of hydrogen-bond acceptors (Lipinski definition) is 2. The Morgan fingerprint density at radius 1 is 1.18 bits per heavy atom. The van der Waals surface area contributed by atoms with Crippen molar-refractivity contribution < 1.29 is 4.79 Å². The fraction of sp³-hybridized carbons (Fsp3) is 0.562. The summed E-state index contributed by atoms with van der Waals surface area (Å²) in [6, 6.07) is 4.83. The van der Waals surface area contributed by atoms with Gasteiger partial charge in [0.2, 0.25) is 0 Å². The highest BCUT2D eigenvalue weighted by Crippen LogP contribution is 2.28. The van der Waals surface area contributed by atoms with E-state index in [9.17, 15) is 4.79 Å². The first-order valence-electron chi connectivity index (χ1n) is 7.76. The quantitative estimate of drug-likeness (QED) is 0.650. The number of urea groups is 1. The second kappa shape index (κ2) is 9.53. The Morgan fingerprint density at radius 2 is 1.95 bits per heavy atom. The molecule has 1 aromatic carbocycles. The van der Waals surface area contributed by atoms with Gasteiger partial charge >= 0.3 is 6.03 Å². The molecule has 1 aliphatic rings. The molecular formula is C16H22Cl2N2OS. The largest absolute Gasteiger partial charge is 0.338 e. The lowest BCUT2D eigenvalue weighted by molar-refractivity contribution is 0.252. The van der Waals surface area contributed by atoms with Crippen molar-refractivity contribution in [1.29, 1.82) is 0 Å². The van der Waals surface area contributed by atoms with Crippen LogP contribution in [0.15, 0.2) is 18.2 Å².